The molecule has 1 fully saturated rings. The average Bonchev–Trinajstić information content (AvgIpc) is 2.83. The monoisotopic (exact) mass is 439 g/mol. The fourth-order valence-corrected chi connectivity index (χ4v) is 3.80. The van der Waals surface area contributed by atoms with E-state index < -0.39 is 0 Å². The van der Waals surface area contributed by atoms with Gasteiger partial charge in [0.1, 0.15) is 5.75 Å². The van der Waals surface area contributed by atoms with E-state index in [1.54, 1.807) is 19.5 Å². The van der Waals surface area contributed by atoms with Gasteiger partial charge in [-0.25, -0.2) is 9.97 Å². The van der Waals surface area contributed by atoms with Crippen molar-refractivity contribution in [2.24, 2.45) is 4.99 Å². The van der Waals surface area contributed by atoms with E-state index >= 15 is 0 Å². The van der Waals surface area contributed by atoms with Crippen molar-refractivity contribution in [1.82, 2.24) is 25.5 Å². The van der Waals surface area contributed by atoms with E-state index in [0.29, 0.717) is 0 Å². The number of ether oxygens (including phenoxy) is 1. The molecule has 174 valence electrons. The molecule has 1 aromatic carbocycles. The van der Waals surface area contributed by atoms with Gasteiger partial charge in [0, 0.05) is 64.8 Å². The molecule has 32 heavy (non-hydrogen) atoms. The zero-order valence-corrected chi connectivity index (χ0v) is 19.7. The molecule has 0 amide bonds. The van der Waals surface area contributed by atoms with Crippen molar-refractivity contribution in [3.05, 3.63) is 47.8 Å². The highest BCUT2D eigenvalue weighted by Crippen LogP contribution is 2.19. The Bertz CT molecular complexity index is 835. The van der Waals surface area contributed by atoms with Crippen molar-refractivity contribution < 1.29 is 4.74 Å². The third-order valence-electron chi connectivity index (χ3n) is 5.63. The Morgan fingerprint density at radius 1 is 1.12 bits per heavy atom. The Labute approximate surface area is 192 Å². The van der Waals surface area contributed by atoms with E-state index in [1.807, 2.05) is 6.07 Å². The quantitative estimate of drug-likeness (QED) is 0.333. The van der Waals surface area contributed by atoms with Crippen LogP contribution >= 0.6 is 0 Å². The normalized spacial score (nSPS) is 15.0. The summed E-state index contributed by atoms with van der Waals surface area (Å²) >= 11 is 0. The van der Waals surface area contributed by atoms with Crippen LogP contribution in [0.4, 0.5) is 5.95 Å². The summed E-state index contributed by atoms with van der Waals surface area (Å²) < 4.78 is 5.43. The smallest absolute Gasteiger partial charge is 0.225 e. The third kappa shape index (κ3) is 7.37. The second kappa shape index (κ2) is 12.9. The first-order valence-corrected chi connectivity index (χ1v) is 11.6. The maximum absolute atomic E-state index is 5.43. The first-order valence-electron chi connectivity index (χ1n) is 11.6. The van der Waals surface area contributed by atoms with Gasteiger partial charge in [-0.05, 0) is 49.9 Å². The summed E-state index contributed by atoms with van der Waals surface area (Å²) in [7, 11) is 1.72. The number of aryl methyl sites for hydroxylation is 1. The van der Waals surface area contributed by atoms with Gasteiger partial charge in [0.2, 0.25) is 5.95 Å². The van der Waals surface area contributed by atoms with E-state index in [2.05, 4.69) is 62.4 Å². The minimum absolute atomic E-state index is 0.815. The number of nitrogens with zero attached hydrogens (tertiary/aromatic N) is 5. The molecule has 2 heterocycles. The van der Waals surface area contributed by atoms with Gasteiger partial charge in [0.15, 0.2) is 5.96 Å². The van der Waals surface area contributed by atoms with Crippen molar-refractivity contribution in [2.45, 2.75) is 26.7 Å². The van der Waals surface area contributed by atoms with Gasteiger partial charge < -0.3 is 20.3 Å². The molecule has 0 aliphatic carbocycles. The van der Waals surface area contributed by atoms with Gasteiger partial charge in [-0.2, -0.15) is 0 Å². The van der Waals surface area contributed by atoms with E-state index in [4.69, 9.17) is 9.73 Å². The van der Waals surface area contributed by atoms with Crippen LogP contribution in [0.25, 0.3) is 0 Å². The van der Waals surface area contributed by atoms with Crippen LogP contribution in [-0.4, -0.2) is 80.3 Å². The Morgan fingerprint density at radius 2 is 1.91 bits per heavy atom. The number of hydrogen-bond acceptors (Lipinski definition) is 6. The van der Waals surface area contributed by atoms with Crippen LogP contribution in [0, 0.1) is 6.92 Å². The highest BCUT2D eigenvalue weighted by atomic mass is 16.5. The van der Waals surface area contributed by atoms with Crippen LogP contribution in [0.3, 0.4) is 0 Å². The second-order valence-corrected chi connectivity index (χ2v) is 7.97. The fourth-order valence-electron chi connectivity index (χ4n) is 3.80. The summed E-state index contributed by atoms with van der Waals surface area (Å²) in [6.45, 7) is 11.8. The molecule has 1 saturated heterocycles. The molecular formula is C24H37N7O. The van der Waals surface area contributed by atoms with Crippen molar-refractivity contribution in [1.29, 1.82) is 0 Å². The highest BCUT2D eigenvalue weighted by molar-refractivity contribution is 5.79. The van der Waals surface area contributed by atoms with Gasteiger partial charge in [-0.3, -0.25) is 9.89 Å². The maximum atomic E-state index is 5.43. The summed E-state index contributed by atoms with van der Waals surface area (Å²) in [5, 5.41) is 6.79. The molecule has 1 aliphatic heterocycles. The predicted molar refractivity (Wildman–Crippen MR) is 131 cm³/mol. The summed E-state index contributed by atoms with van der Waals surface area (Å²) in [6, 6.07) is 8.24. The minimum atomic E-state index is 0.815. The Balaban J connectivity index is 1.36. The molecule has 1 aromatic heterocycles. The molecule has 0 atom stereocenters. The molecule has 2 aromatic rings. The molecule has 0 spiro atoms. The summed E-state index contributed by atoms with van der Waals surface area (Å²) in [4.78, 5) is 18.2. The van der Waals surface area contributed by atoms with Crippen LogP contribution < -0.4 is 20.3 Å². The zero-order valence-electron chi connectivity index (χ0n) is 19.7. The van der Waals surface area contributed by atoms with Gasteiger partial charge in [0.25, 0.3) is 0 Å². The van der Waals surface area contributed by atoms with Crippen LogP contribution in [0.5, 0.6) is 5.75 Å². The van der Waals surface area contributed by atoms with Gasteiger partial charge >= 0.3 is 0 Å². The van der Waals surface area contributed by atoms with Crippen LogP contribution in [0.1, 0.15) is 24.5 Å². The van der Waals surface area contributed by atoms with Crippen molar-refractivity contribution >= 4 is 11.9 Å². The fraction of sp³-hybridized carbons (Fsp3) is 0.542. The lowest BCUT2D eigenvalue weighted by atomic mass is 10.1. The van der Waals surface area contributed by atoms with E-state index in [1.165, 1.54) is 5.56 Å². The standard InChI is InChI=1S/C24H37N7O/c1-4-25-23(27-13-9-21-8-7-20(2)22(19-21)32-3)26-12-6-14-30-15-17-31(18-16-30)24-28-10-5-11-29-24/h5,7-8,10-11,19H,4,6,9,12-18H2,1-3H3,(H2,25,26,27). The summed E-state index contributed by atoms with van der Waals surface area (Å²) in [5.74, 6) is 2.67. The van der Waals surface area contributed by atoms with Crippen LogP contribution in [0.15, 0.2) is 41.7 Å². The molecular weight excluding hydrogens is 402 g/mol. The lowest BCUT2D eigenvalue weighted by molar-refractivity contribution is 0.255. The van der Waals surface area contributed by atoms with E-state index in [-0.39, 0.29) is 0 Å². The van der Waals surface area contributed by atoms with Crippen molar-refractivity contribution in [3.8, 4) is 5.75 Å². The Hall–Kier alpha value is -2.87. The first-order chi connectivity index (χ1) is 15.7. The summed E-state index contributed by atoms with van der Waals surface area (Å²) in [6.07, 6.45) is 5.59. The van der Waals surface area contributed by atoms with Gasteiger partial charge in [-0.1, -0.05) is 12.1 Å². The molecule has 2 N–H and O–H groups in total. The predicted octanol–water partition coefficient (Wildman–Crippen LogP) is 2.10. The molecule has 3 rings (SSSR count). The number of aromatic nitrogens is 2. The Morgan fingerprint density at radius 3 is 2.62 bits per heavy atom. The SMILES string of the molecule is CCNC(=NCCCN1CCN(c2ncccn2)CC1)NCCc1ccc(C)c(OC)c1. The van der Waals surface area contributed by atoms with Crippen molar-refractivity contribution in [2.75, 3.05) is 64.4 Å². The number of guanidine groups is 1. The molecule has 1 aliphatic rings. The third-order valence-corrected chi connectivity index (χ3v) is 5.63. The molecule has 0 radical (unpaired) electrons. The largest absolute Gasteiger partial charge is 0.496 e. The summed E-state index contributed by atoms with van der Waals surface area (Å²) in [5.41, 5.74) is 2.42. The topological polar surface area (TPSA) is 77.9 Å². The van der Waals surface area contributed by atoms with Crippen LogP contribution in [0.2, 0.25) is 0 Å². The number of aliphatic imine (C=N–C) groups is 1. The maximum Gasteiger partial charge on any atom is 0.225 e. The Kier molecular flexibility index (Phi) is 9.56. The lowest BCUT2D eigenvalue weighted by Crippen LogP contribution is -2.47. The van der Waals surface area contributed by atoms with E-state index in [0.717, 1.165) is 88.4 Å². The number of benzene rings is 1. The number of anilines is 1. The molecule has 8 heteroatoms. The second-order valence-electron chi connectivity index (χ2n) is 7.97. The van der Waals surface area contributed by atoms with E-state index in [9.17, 15) is 0 Å². The molecule has 0 unspecified atom stereocenters. The lowest BCUT2D eigenvalue weighted by Gasteiger charge is -2.34. The van der Waals surface area contributed by atoms with Gasteiger partial charge in [-0.15, -0.1) is 0 Å². The number of methoxy groups -OCH3 is 1. The number of nitrogens with one attached hydrogen (secondary N) is 2. The zero-order chi connectivity index (χ0) is 22.6. The molecule has 0 saturated carbocycles. The van der Waals surface area contributed by atoms with Crippen LogP contribution in [-0.2, 0) is 6.42 Å². The number of piperazine rings is 1. The number of rotatable bonds is 10. The molecule has 8 nitrogen and oxygen atoms in total. The van der Waals surface area contributed by atoms with Gasteiger partial charge in [0.05, 0.1) is 7.11 Å². The van der Waals surface area contributed by atoms with Crippen molar-refractivity contribution in [3.63, 3.8) is 0 Å². The number of hydrogen-bond donors (Lipinski definition) is 2. The highest BCUT2D eigenvalue weighted by Gasteiger charge is 2.18. The average molecular weight is 440 g/mol. The minimum Gasteiger partial charge on any atom is -0.496 e. The first kappa shape index (κ1) is 23.8. The molecule has 0 bridgehead atoms.